The van der Waals surface area contributed by atoms with Crippen LogP contribution in [0.3, 0.4) is 0 Å². The Balaban J connectivity index is 2.26. The maximum absolute atomic E-state index is 14.4. The number of carboxylic acid groups (broad SMARTS) is 1. The van der Waals surface area contributed by atoms with E-state index in [1.54, 1.807) is 0 Å². The Kier molecular flexibility index (Phi) is 4.43. The second-order valence-corrected chi connectivity index (χ2v) is 10.0. The van der Waals surface area contributed by atoms with Crippen LogP contribution in [0.25, 0.3) is 0 Å². The Morgan fingerprint density at radius 1 is 1.17 bits per heavy atom. The van der Waals surface area contributed by atoms with E-state index in [1.807, 2.05) is 0 Å². The lowest BCUT2D eigenvalue weighted by Crippen LogP contribution is -2.58. The van der Waals surface area contributed by atoms with Crippen LogP contribution in [-0.2, 0) is 10.0 Å². The fraction of sp³-hybridized carbons (Fsp3) is 0.929. The lowest BCUT2D eigenvalue weighted by molar-refractivity contribution is -0.0402. The first-order chi connectivity index (χ1) is 10.3. The maximum Gasteiger partial charge on any atom is 0.407 e. The van der Waals surface area contributed by atoms with Crippen molar-refractivity contribution in [1.82, 2.24) is 9.62 Å². The molecule has 0 bridgehead atoms. The van der Waals surface area contributed by atoms with Crippen LogP contribution in [0.1, 0.15) is 46.5 Å². The summed E-state index contributed by atoms with van der Waals surface area (Å²) in [5.74, 6) is -3.12. The molecular formula is C14H24F2N2O4S. The molecule has 2 aliphatic rings. The number of alkyl halides is 2. The van der Waals surface area contributed by atoms with Gasteiger partial charge in [-0.1, -0.05) is 0 Å². The Labute approximate surface area is 135 Å². The van der Waals surface area contributed by atoms with Crippen LogP contribution in [0.5, 0.6) is 0 Å². The van der Waals surface area contributed by atoms with E-state index in [9.17, 15) is 22.0 Å². The minimum absolute atomic E-state index is 0.152. The predicted molar refractivity (Wildman–Crippen MR) is 81.0 cm³/mol. The summed E-state index contributed by atoms with van der Waals surface area (Å²) in [6, 6.07) is -1.48. The molecule has 1 saturated heterocycles. The van der Waals surface area contributed by atoms with Gasteiger partial charge in [-0.2, -0.15) is 0 Å². The van der Waals surface area contributed by atoms with Gasteiger partial charge in [0.15, 0.2) is 0 Å². The number of piperidine rings is 1. The second-order valence-electron chi connectivity index (χ2n) is 7.56. The van der Waals surface area contributed by atoms with Crippen molar-refractivity contribution < 1.29 is 27.1 Å². The van der Waals surface area contributed by atoms with Gasteiger partial charge in [0.05, 0.1) is 10.8 Å². The number of hydrogen-bond donors (Lipinski definition) is 2. The van der Waals surface area contributed by atoms with Crippen molar-refractivity contribution >= 4 is 16.1 Å². The second kappa shape index (κ2) is 5.54. The van der Waals surface area contributed by atoms with E-state index in [0.717, 1.165) is 0 Å². The van der Waals surface area contributed by atoms with E-state index in [-0.39, 0.29) is 38.8 Å². The summed E-state index contributed by atoms with van der Waals surface area (Å²) >= 11 is 0. The van der Waals surface area contributed by atoms with Crippen LogP contribution in [0.15, 0.2) is 0 Å². The van der Waals surface area contributed by atoms with Gasteiger partial charge in [-0.05, 0) is 45.4 Å². The summed E-state index contributed by atoms with van der Waals surface area (Å²) < 4.78 is 54.5. The number of hydrogen-bond acceptors (Lipinski definition) is 3. The molecule has 1 aliphatic carbocycles. The molecule has 9 heteroatoms. The standard InChI is InChI=1S/C14H24F2N2O4S/c1-12(2,3)23(21,22)17-10-13(4-5-14(10,15)16)6-8-18(9-7-13)11(19)20/h10,17H,4-9H2,1-3H3,(H,19,20). The molecule has 0 aromatic carbocycles. The van der Waals surface area contributed by atoms with E-state index < -0.39 is 38.2 Å². The zero-order chi connectivity index (χ0) is 17.7. The SMILES string of the molecule is CC(C)(C)S(=O)(=O)NC1C(F)(F)CCC12CCN(C(=O)O)CC2. The molecule has 1 unspecified atom stereocenters. The largest absolute Gasteiger partial charge is 0.465 e. The lowest BCUT2D eigenvalue weighted by Gasteiger charge is -2.43. The molecule has 6 nitrogen and oxygen atoms in total. The van der Waals surface area contributed by atoms with E-state index in [4.69, 9.17) is 5.11 Å². The van der Waals surface area contributed by atoms with Crippen molar-refractivity contribution in [3.8, 4) is 0 Å². The number of carbonyl (C=O) groups is 1. The van der Waals surface area contributed by atoms with Crippen LogP contribution in [-0.4, -0.2) is 54.3 Å². The van der Waals surface area contributed by atoms with Gasteiger partial charge < -0.3 is 10.0 Å². The Morgan fingerprint density at radius 2 is 1.70 bits per heavy atom. The number of rotatable bonds is 2. The number of sulfonamides is 1. The van der Waals surface area contributed by atoms with E-state index in [0.29, 0.717) is 0 Å². The average molecular weight is 354 g/mol. The van der Waals surface area contributed by atoms with Crippen molar-refractivity contribution in [1.29, 1.82) is 0 Å². The molecule has 1 heterocycles. The topological polar surface area (TPSA) is 86.7 Å². The zero-order valence-electron chi connectivity index (χ0n) is 13.6. The number of nitrogens with zero attached hydrogens (tertiary/aromatic N) is 1. The molecule has 23 heavy (non-hydrogen) atoms. The van der Waals surface area contributed by atoms with Gasteiger partial charge in [-0.15, -0.1) is 0 Å². The first-order valence-electron chi connectivity index (χ1n) is 7.68. The van der Waals surface area contributed by atoms with E-state index in [2.05, 4.69) is 4.72 Å². The molecule has 1 spiro atoms. The van der Waals surface area contributed by atoms with Gasteiger partial charge in [0.1, 0.15) is 0 Å². The van der Waals surface area contributed by atoms with Gasteiger partial charge in [0.25, 0.3) is 5.92 Å². The average Bonchev–Trinajstić information content (AvgIpc) is 2.63. The molecule has 1 amide bonds. The molecule has 2 fully saturated rings. The fourth-order valence-electron chi connectivity index (χ4n) is 3.38. The summed E-state index contributed by atoms with van der Waals surface area (Å²) in [5.41, 5.74) is -0.881. The molecule has 134 valence electrons. The Bertz CT molecular complexity index is 578. The lowest BCUT2D eigenvalue weighted by atomic mass is 9.74. The summed E-state index contributed by atoms with van der Waals surface area (Å²) in [4.78, 5) is 12.2. The third-order valence-corrected chi connectivity index (χ3v) is 7.26. The van der Waals surface area contributed by atoms with Gasteiger partial charge in [0, 0.05) is 19.5 Å². The normalized spacial score (nSPS) is 27.3. The first-order valence-corrected chi connectivity index (χ1v) is 9.17. The molecule has 0 aromatic heterocycles. The van der Waals surface area contributed by atoms with Crippen LogP contribution in [0.2, 0.25) is 0 Å². The van der Waals surface area contributed by atoms with Crippen molar-refractivity contribution in [2.75, 3.05) is 13.1 Å². The molecule has 0 aromatic rings. The van der Waals surface area contributed by atoms with Gasteiger partial charge in [-0.3, -0.25) is 0 Å². The molecule has 0 radical (unpaired) electrons. The minimum atomic E-state index is -3.92. The van der Waals surface area contributed by atoms with Crippen molar-refractivity contribution in [3.05, 3.63) is 0 Å². The fourth-order valence-corrected chi connectivity index (χ4v) is 4.46. The highest BCUT2D eigenvalue weighted by molar-refractivity contribution is 7.90. The van der Waals surface area contributed by atoms with Crippen molar-refractivity contribution in [3.63, 3.8) is 0 Å². The molecule has 2 rings (SSSR count). The van der Waals surface area contributed by atoms with Crippen molar-refractivity contribution in [2.24, 2.45) is 5.41 Å². The van der Waals surface area contributed by atoms with Crippen LogP contribution < -0.4 is 4.72 Å². The Morgan fingerprint density at radius 3 is 2.13 bits per heavy atom. The third-order valence-electron chi connectivity index (χ3n) is 5.10. The van der Waals surface area contributed by atoms with Gasteiger partial charge >= 0.3 is 6.09 Å². The molecular weight excluding hydrogens is 330 g/mol. The molecule has 1 atom stereocenters. The van der Waals surface area contributed by atoms with E-state index >= 15 is 0 Å². The van der Waals surface area contributed by atoms with Crippen molar-refractivity contribution in [2.45, 2.75) is 63.2 Å². The first kappa shape index (κ1) is 18.4. The van der Waals surface area contributed by atoms with E-state index in [1.165, 1.54) is 25.7 Å². The highest BCUT2D eigenvalue weighted by atomic mass is 32.2. The molecule has 2 N–H and O–H groups in total. The summed E-state index contributed by atoms with van der Waals surface area (Å²) in [6.45, 7) is 4.69. The number of likely N-dealkylation sites (tertiary alicyclic amines) is 1. The number of halogens is 2. The Hall–Kier alpha value is -0.960. The summed E-state index contributed by atoms with van der Waals surface area (Å²) in [7, 11) is -3.92. The van der Waals surface area contributed by atoms with Gasteiger partial charge in [0.2, 0.25) is 10.0 Å². The summed E-state index contributed by atoms with van der Waals surface area (Å²) in [6.07, 6.45) is -0.767. The molecule has 1 saturated carbocycles. The smallest absolute Gasteiger partial charge is 0.407 e. The predicted octanol–water partition coefficient (Wildman–Crippen LogP) is 2.26. The quantitative estimate of drug-likeness (QED) is 0.796. The van der Waals surface area contributed by atoms with Crippen LogP contribution in [0, 0.1) is 5.41 Å². The minimum Gasteiger partial charge on any atom is -0.465 e. The molecule has 1 aliphatic heterocycles. The van der Waals surface area contributed by atoms with Gasteiger partial charge in [-0.25, -0.2) is 26.7 Å². The number of amides is 1. The monoisotopic (exact) mass is 354 g/mol. The highest BCUT2D eigenvalue weighted by Gasteiger charge is 2.61. The van der Waals surface area contributed by atoms with Crippen LogP contribution in [0.4, 0.5) is 13.6 Å². The zero-order valence-corrected chi connectivity index (χ0v) is 14.4. The maximum atomic E-state index is 14.4. The highest BCUT2D eigenvalue weighted by Crippen LogP contribution is 2.53. The number of nitrogens with one attached hydrogen (secondary N) is 1. The van der Waals surface area contributed by atoms with Crippen LogP contribution >= 0.6 is 0 Å². The summed E-state index contributed by atoms with van der Waals surface area (Å²) in [5, 5.41) is 9.00. The third kappa shape index (κ3) is 3.31.